The van der Waals surface area contributed by atoms with E-state index in [1.807, 2.05) is 0 Å². The molecule has 3 rings (SSSR count). The number of rotatable bonds is 7. The van der Waals surface area contributed by atoms with Gasteiger partial charge >= 0.3 is 5.97 Å². The molecule has 152 valence electrons. The van der Waals surface area contributed by atoms with Crippen LogP contribution >= 0.6 is 11.6 Å². The Morgan fingerprint density at radius 2 is 1.97 bits per heavy atom. The van der Waals surface area contributed by atoms with Crippen molar-refractivity contribution in [3.63, 3.8) is 0 Å². The molecule has 0 radical (unpaired) electrons. The molecule has 2 aromatic carbocycles. The van der Waals surface area contributed by atoms with Crippen LogP contribution in [0.25, 0.3) is 0 Å². The third-order valence-electron chi connectivity index (χ3n) is 4.55. The first-order valence-electron chi connectivity index (χ1n) is 9.08. The first-order valence-corrected chi connectivity index (χ1v) is 9.46. The zero-order chi connectivity index (χ0) is 21.1. The highest BCUT2D eigenvalue weighted by Crippen LogP contribution is 2.31. The summed E-state index contributed by atoms with van der Waals surface area (Å²) in [6.45, 7) is 3.18. The number of nitrogens with zero attached hydrogens (tertiary/aromatic N) is 1. The predicted molar refractivity (Wildman–Crippen MR) is 109 cm³/mol. The summed E-state index contributed by atoms with van der Waals surface area (Å²) in [6.07, 6.45) is 0.809. The van der Waals surface area contributed by atoms with Crippen LogP contribution < -0.4 is 10.6 Å². The first-order chi connectivity index (χ1) is 13.8. The number of esters is 1. The fourth-order valence-corrected chi connectivity index (χ4v) is 2.81. The maximum atomic E-state index is 12.4. The zero-order valence-corrected chi connectivity index (χ0v) is 16.7. The molecule has 2 N–H and O–H groups in total. The first kappa shape index (κ1) is 20.6. The SMILES string of the molecule is Cc1c(Cl)cccc1NC(=O)[C@H](C)OC(=O)c1ccc(NC2CC2)c([N+](=O)[O-])c1. The Labute approximate surface area is 172 Å². The highest BCUT2D eigenvalue weighted by atomic mass is 35.5. The van der Waals surface area contributed by atoms with Crippen LogP contribution in [0.15, 0.2) is 36.4 Å². The van der Waals surface area contributed by atoms with Gasteiger partial charge in [0.05, 0.1) is 10.5 Å². The van der Waals surface area contributed by atoms with E-state index in [1.54, 1.807) is 25.1 Å². The topological polar surface area (TPSA) is 111 Å². The predicted octanol–water partition coefficient (Wildman–Crippen LogP) is 4.31. The maximum absolute atomic E-state index is 12.4. The minimum atomic E-state index is -1.11. The van der Waals surface area contributed by atoms with E-state index < -0.39 is 22.9 Å². The van der Waals surface area contributed by atoms with Gasteiger partial charge in [0.1, 0.15) is 5.69 Å². The average Bonchev–Trinajstić information content (AvgIpc) is 3.49. The Hall–Kier alpha value is -3.13. The molecule has 0 unspecified atom stereocenters. The highest BCUT2D eigenvalue weighted by Gasteiger charge is 2.27. The summed E-state index contributed by atoms with van der Waals surface area (Å²) in [7, 11) is 0. The van der Waals surface area contributed by atoms with Crippen molar-refractivity contribution in [1.29, 1.82) is 0 Å². The van der Waals surface area contributed by atoms with E-state index in [0.29, 0.717) is 22.0 Å². The van der Waals surface area contributed by atoms with Gasteiger partial charge in [-0.15, -0.1) is 0 Å². The monoisotopic (exact) mass is 417 g/mol. The van der Waals surface area contributed by atoms with Gasteiger partial charge < -0.3 is 15.4 Å². The minimum absolute atomic E-state index is 0.00312. The van der Waals surface area contributed by atoms with Crippen LogP contribution in [0, 0.1) is 17.0 Å². The van der Waals surface area contributed by atoms with Crippen molar-refractivity contribution >= 4 is 40.5 Å². The van der Waals surface area contributed by atoms with Crippen LogP contribution in [-0.2, 0) is 9.53 Å². The lowest BCUT2D eigenvalue weighted by atomic mass is 10.1. The lowest BCUT2D eigenvalue weighted by Crippen LogP contribution is -2.30. The molecule has 0 spiro atoms. The number of carbonyl (C=O) groups is 2. The molecule has 1 saturated carbocycles. The number of carbonyl (C=O) groups excluding carboxylic acids is 2. The molecule has 0 heterocycles. The van der Waals surface area contributed by atoms with Gasteiger partial charge in [0.2, 0.25) is 0 Å². The number of nitro groups is 1. The Kier molecular flexibility index (Phi) is 6.03. The molecule has 8 nitrogen and oxygen atoms in total. The minimum Gasteiger partial charge on any atom is -0.449 e. The molecule has 1 atom stereocenters. The number of hydrogen-bond acceptors (Lipinski definition) is 6. The Morgan fingerprint density at radius 3 is 2.62 bits per heavy atom. The molecule has 29 heavy (non-hydrogen) atoms. The third-order valence-corrected chi connectivity index (χ3v) is 4.96. The molecule has 0 aliphatic heterocycles. The number of nitrogens with one attached hydrogen (secondary N) is 2. The molecule has 0 aromatic heterocycles. The fraction of sp³-hybridized carbons (Fsp3) is 0.300. The molecule has 1 amide bonds. The number of hydrogen-bond donors (Lipinski definition) is 2. The van der Waals surface area contributed by atoms with E-state index >= 15 is 0 Å². The van der Waals surface area contributed by atoms with Crippen molar-refractivity contribution in [3.05, 3.63) is 62.7 Å². The average molecular weight is 418 g/mol. The Balaban J connectivity index is 1.68. The van der Waals surface area contributed by atoms with E-state index in [2.05, 4.69) is 10.6 Å². The van der Waals surface area contributed by atoms with Gasteiger partial charge in [0, 0.05) is 22.8 Å². The second-order valence-electron chi connectivity index (χ2n) is 6.86. The largest absolute Gasteiger partial charge is 0.449 e. The van der Waals surface area contributed by atoms with Gasteiger partial charge in [-0.25, -0.2) is 4.79 Å². The summed E-state index contributed by atoms with van der Waals surface area (Å²) in [4.78, 5) is 35.5. The molecule has 9 heteroatoms. The summed E-state index contributed by atoms with van der Waals surface area (Å²) in [6, 6.07) is 9.37. The van der Waals surface area contributed by atoms with Crippen molar-refractivity contribution in [1.82, 2.24) is 0 Å². The van der Waals surface area contributed by atoms with Gasteiger partial charge in [0.15, 0.2) is 6.10 Å². The van der Waals surface area contributed by atoms with Gasteiger partial charge in [-0.1, -0.05) is 17.7 Å². The number of halogens is 1. The van der Waals surface area contributed by atoms with Gasteiger partial charge in [0.25, 0.3) is 11.6 Å². The summed E-state index contributed by atoms with van der Waals surface area (Å²) >= 11 is 6.03. The lowest BCUT2D eigenvalue weighted by molar-refractivity contribution is -0.384. The van der Waals surface area contributed by atoms with Crippen LogP contribution in [0.4, 0.5) is 17.1 Å². The number of ether oxygens (including phenoxy) is 1. The van der Waals surface area contributed by atoms with Crippen LogP contribution in [0.3, 0.4) is 0 Å². The molecule has 1 fully saturated rings. The summed E-state index contributed by atoms with van der Waals surface area (Å²) in [5.74, 6) is -1.36. The molecular weight excluding hydrogens is 398 g/mol. The third kappa shape index (κ3) is 5.03. The zero-order valence-electron chi connectivity index (χ0n) is 15.9. The van der Waals surface area contributed by atoms with Crippen LogP contribution in [0.1, 0.15) is 35.7 Å². The van der Waals surface area contributed by atoms with Crippen molar-refractivity contribution in [2.24, 2.45) is 0 Å². The molecule has 0 saturated heterocycles. The van der Waals surface area contributed by atoms with Crippen molar-refractivity contribution in [2.75, 3.05) is 10.6 Å². The molecule has 0 bridgehead atoms. The van der Waals surface area contributed by atoms with Crippen molar-refractivity contribution < 1.29 is 19.2 Å². The molecule has 1 aliphatic carbocycles. The van der Waals surface area contributed by atoms with E-state index in [9.17, 15) is 19.7 Å². The lowest BCUT2D eigenvalue weighted by Gasteiger charge is -2.15. The maximum Gasteiger partial charge on any atom is 0.339 e. The summed E-state index contributed by atoms with van der Waals surface area (Å²) in [5, 5.41) is 17.5. The normalized spacial score (nSPS) is 14.0. The number of amides is 1. The second-order valence-corrected chi connectivity index (χ2v) is 7.26. The fourth-order valence-electron chi connectivity index (χ4n) is 2.64. The van der Waals surface area contributed by atoms with Gasteiger partial charge in [-0.3, -0.25) is 14.9 Å². The standard InChI is InChI=1S/C20H20ClN3O5/c1-11-15(21)4-3-5-16(11)23-19(25)12(2)29-20(26)13-6-9-17(22-14-7-8-14)18(10-13)24(27)28/h3-6,9-10,12,14,22H,7-8H2,1-2H3,(H,23,25)/t12-/m0/s1. The van der Waals surface area contributed by atoms with Crippen LogP contribution in [0.5, 0.6) is 0 Å². The van der Waals surface area contributed by atoms with E-state index in [-0.39, 0.29) is 17.3 Å². The van der Waals surface area contributed by atoms with E-state index in [0.717, 1.165) is 18.9 Å². The highest BCUT2D eigenvalue weighted by molar-refractivity contribution is 6.31. The Bertz CT molecular complexity index is 975. The quantitative estimate of drug-likeness (QED) is 0.394. The van der Waals surface area contributed by atoms with E-state index in [1.165, 1.54) is 19.1 Å². The Morgan fingerprint density at radius 1 is 1.24 bits per heavy atom. The molecule has 1 aliphatic rings. The summed E-state index contributed by atoms with van der Waals surface area (Å²) < 4.78 is 5.18. The van der Waals surface area contributed by atoms with Gasteiger partial charge in [-0.05, 0) is 56.5 Å². The number of anilines is 2. The molecular formula is C20H20ClN3O5. The second kappa shape index (κ2) is 8.48. The summed E-state index contributed by atoms with van der Waals surface area (Å²) in [5.41, 5.74) is 1.35. The van der Waals surface area contributed by atoms with Crippen LogP contribution in [0.2, 0.25) is 5.02 Å². The number of nitro benzene ring substituents is 1. The smallest absolute Gasteiger partial charge is 0.339 e. The van der Waals surface area contributed by atoms with E-state index in [4.69, 9.17) is 16.3 Å². The van der Waals surface area contributed by atoms with Crippen LogP contribution in [-0.4, -0.2) is 28.9 Å². The number of benzene rings is 2. The van der Waals surface area contributed by atoms with Crippen molar-refractivity contribution in [3.8, 4) is 0 Å². The van der Waals surface area contributed by atoms with Gasteiger partial charge in [-0.2, -0.15) is 0 Å². The van der Waals surface area contributed by atoms with Crippen molar-refractivity contribution in [2.45, 2.75) is 38.8 Å². The molecule has 2 aromatic rings.